The van der Waals surface area contributed by atoms with Crippen molar-refractivity contribution in [2.45, 2.75) is 45.7 Å². The highest BCUT2D eigenvalue weighted by atomic mass is 32.2. The third kappa shape index (κ3) is 4.89. The van der Waals surface area contributed by atoms with Gasteiger partial charge in [0.25, 0.3) is 0 Å². The lowest BCUT2D eigenvalue weighted by atomic mass is 9.87. The fraction of sp³-hybridized carbons (Fsp3) is 0.909. The molecule has 3 N–H and O–H groups in total. The van der Waals surface area contributed by atoms with Gasteiger partial charge in [0.05, 0.1) is 0 Å². The van der Waals surface area contributed by atoms with Gasteiger partial charge in [-0.2, -0.15) is 11.8 Å². The molecule has 0 aromatic heterocycles. The number of hydrogen-bond donors (Lipinski definition) is 2. The van der Waals surface area contributed by atoms with Crippen molar-refractivity contribution in [3.63, 3.8) is 0 Å². The van der Waals surface area contributed by atoms with Gasteiger partial charge in [0, 0.05) is 24.3 Å². The first-order valence-corrected chi connectivity index (χ1v) is 6.66. The second-order valence-electron chi connectivity index (χ2n) is 5.32. The van der Waals surface area contributed by atoms with E-state index >= 15 is 0 Å². The zero-order valence-electron chi connectivity index (χ0n) is 9.88. The molecule has 1 fully saturated rings. The fourth-order valence-electron chi connectivity index (χ4n) is 2.13. The Hall–Kier alpha value is -0.220. The van der Waals surface area contributed by atoms with Crippen molar-refractivity contribution < 1.29 is 4.79 Å². The zero-order valence-corrected chi connectivity index (χ0v) is 10.7. The van der Waals surface area contributed by atoms with Crippen LogP contribution in [0.15, 0.2) is 0 Å². The van der Waals surface area contributed by atoms with Crippen LogP contribution in [0.3, 0.4) is 0 Å². The monoisotopic (exact) mass is 230 g/mol. The molecule has 0 saturated carbocycles. The molecule has 0 bridgehead atoms. The van der Waals surface area contributed by atoms with Crippen LogP contribution in [0.1, 0.15) is 33.6 Å². The summed E-state index contributed by atoms with van der Waals surface area (Å²) in [6.45, 7) is 6.62. The second-order valence-corrected chi connectivity index (χ2v) is 6.35. The van der Waals surface area contributed by atoms with Gasteiger partial charge < -0.3 is 11.1 Å². The molecule has 3 nitrogen and oxygen atoms in total. The number of carbonyl (C=O) groups is 1. The number of amides is 1. The predicted octanol–water partition coefficient (Wildman–Crippen LogP) is 1.37. The number of hydrogen-bond acceptors (Lipinski definition) is 3. The molecule has 2 unspecified atom stereocenters. The van der Waals surface area contributed by atoms with Crippen LogP contribution < -0.4 is 11.1 Å². The third-order valence-electron chi connectivity index (χ3n) is 2.64. The number of rotatable bonds is 4. The van der Waals surface area contributed by atoms with Crippen LogP contribution in [-0.2, 0) is 4.79 Å². The summed E-state index contributed by atoms with van der Waals surface area (Å²) in [4.78, 5) is 10.8. The van der Waals surface area contributed by atoms with E-state index in [4.69, 9.17) is 5.73 Å². The molecule has 1 amide bonds. The van der Waals surface area contributed by atoms with E-state index in [0.29, 0.717) is 17.9 Å². The normalized spacial score (nSPS) is 27.3. The number of primary amides is 1. The van der Waals surface area contributed by atoms with Crippen molar-refractivity contribution in [3.05, 3.63) is 0 Å². The Morgan fingerprint density at radius 1 is 1.67 bits per heavy atom. The maximum atomic E-state index is 10.8. The molecule has 2 atom stereocenters. The van der Waals surface area contributed by atoms with Crippen LogP contribution in [0.2, 0.25) is 0 Å². The highest BCUT2D eigenvalue weighted by Crippen LogP contribution is 2.33. The molecule has 1 rings (SSSR count). The molecule has 0 aromatic rings. The summed E-state index contributed by atoms with van der Waals surface area (Å²) in [6.07, 6.45) is 1.62. The van der Waals surface area contributed by atoms with Gasteiger partial charge in [0.15, 0.2) is 0 Å². The van der Waals surface area contributed by atoms with E-state index in [-0.39, 0.29) is 11.9 Å². The molecule has 0 aromatic carbocycles. The number of carbonyl (C=O) groups excluding carboxylic acids is 1. The quantitative estimate of drug-likeness (QED) is 0.767. The summed E-state index contributed by atoms with van der Waals surface area (Å²) in [5.74, 6) is 2.15. The topological polar surface area (TPSA) is 55.1 Å². The molecule has 88 valence electrons. The van der Waals surface area contributed by atoms with E-state index in [9.17, 15) is 4.79 Å². The summed E-state index contributed by atoms with van der Waals surface area (Å²) in [5.41, 5.74) is 5.58. The maximum absolute atomic E-state index is 10.8. The summed E-state index contributed by atoms with van der Waals surface area (Å²) < 4.78 is 0. The largest absolute Gasteiger partial charge is 0.370 e. The first kappa shape index (κ1) is 12.8. The number of nitrogens with two attached hydrogens (primary N) is 1. The van der Waals surface area contributed by atoms with Crippen molar-refractivity contribution in [3.8, 4) is 0 Å². The smallest absolute Gasteiger partial charge is 0.218 e. The maximum Gasteiger partial charge on any atom is 0.218 e. The van der Waals surface area contributed by atoms with Gasteiger partial charge in [-0.3, -0.25) is 4.79 Å². The van der Waals surface area contributed by atoms with E-state index in [1.807, 2.05) is 18.7 Å². The van der Waals surface area contributed by atoms with Gasteiger partial charge in [-0.05, 0) is 24.5 Å². The van der Waals surface area contributed by atoms with Crippen LogP contribution in [0.25, 0.3) is 0 Å². The average Bonchev–Trinajstić information content (AvgIpc) is 1.99. The molecule has 1 saturated heterocycles. The highest BCUT2D eigenvalue weighted by molar-refractivity contribution is 7.99. The molecule has 4 heteroatoms. The van der Waals surface area contributed by atoms with E-state index in [2.05, 4.69) is 19.2 Å². The lowest BCUT2D eigenvalue weighted by Gasteiger charge is -2.36. The first-order chi connectivity index (χ1) is 6.89. The summed E-state index contributed by atoms with van der Waals surface area (Å²) in [5, 5.41) is 3.48. The average molecular weight is 230 g/mol. The minimum absolute atomic E-state index is 0.196. The summed E-state index contributed by atoms with van der Waals surface area (Å²) in [7, 11) is 0. The SMILES string of the molecule is CC(CC(N)=O)NC1CSCC(C)(C)C1. The van der Waals surface area contributed by atoms with Gasteiger partial charge in [-0.15, -0.1) is 0 Å². The minimum atomic E-state index is -0.224. The van der Waals surface area contributed by atoms with Crippen LogP contribution in [0.4, 0.5) is 0 Å². The first-order valence-electron chi connectivity index (χ1n) is 5.51. The van der Waals surface area contributed by atoms with Crippen LogP contribution >= 0.6 is 11.8 Å². The van der Waals surface area contributed by atoms with E-state index in [1.165, 1.54) is 12.2 Å². The zero-order chi connectivity index (χ0) is 11.5. The molecule has 0 aliphatic carbocycles. The van der Waals surface area contributed by atoms with Crippen molar-refractivity contribution in [2.24, 2.45) is 11.1 Å². The molecule has 15 heavy (non-hydrogen) atoms. The number of thioether (sulfide) groups is 1. The Labute approximate surface area is 96.6 Å². The lowest BCUT2D eigenvalue weighted by Crippen LogP contribution is -2.45. The predicted molar refractivity (Wildman–Crippen MR) is 65.9 cm³/mol. The third-order valence-corrected chi connectivity index (χ3v) is 4.26. The number of nitrogens with one attached hydrogen (secondary N) is 1. The van der Waals surface area contributed by atoms with E-state index < -0.39 is 0 Å². The van der Waals surface area contributed by atoms with Gasteiger partial charge in [-0.25, -0.2) is 0 Å². The minimum Gasteiger partial charge on any atom is -0.370 e. The van der Waals surface area contributed by atoms with Gasteiger partial charge >= 0.3 is 0 Å². The Kier molecular flexibility index (Phi) is 4.46. The van der Waals surface area contributed by atoms with Gasteiger partial charge in [0.2, 0.25) is 5.91 Å². The Morgan fingerprint density at radius 2 is 2.33 bits per heavy atom. The Bertz CT molecular complexity index is 231. The molecule has 1 aliphatic heterocycles. The van der Waals surface area contributed by atoms with Crippen LogP contribution in [0, 0.1) is 5.41 Å². The van der Waals surface area contributed by atoms with E-state index in [1.54, 1.807) is 0 Å². The van der Waals surface area contributed by atoms with Crippen LogP contribution in [-0.4, -0.2) is 29.5 Å². The molecular formula is C11H22N2OS. The molecule has 0 radical (unpaired) electrons. The Morgan fingerprint density at radius 3 is 2.87 bits per heavy atom. The van der Waals surface area contributed by atoms with E-state index in [0.717, 1.165) is 5.75 Å². The molecule has 0 spiro atoms. The fourth-order valence-corrected chi connectivity index (χ4v) is 3.42. The van der Waals surface area contributed by atoms with Gasteiger partial charge in [-0.1, -0.05) is 13.8 Å². The Balaban J connectivity index is 2.34. The summed E-state index contributed by atoms with van der Waals surface area (Å²) in [6, 6.07) is 0.718. The van der Waals surface area contributed by atoms with Gasteiger partial charge in [0.1, 0.15) is 0 Å². The van der Waals surface area contributed by atoms with Crippen molar-refractivity contribution >= 4 is 17.7 Å². The molecular weight excluding hydrogens is 208 g/mol. The van der Waals surface area contributed by atoms with Crippen molar-refractivity contribution in [2.75, 3.05) is 11.5 Å². The van der Waals surface area contributed by atoms with Crippen molar-refractivity contribution in [1.29, 1.82) is 0 Å². The highest BCUT2D eigenvalue weighted by Gasteiger charge is 2.28. The molecule has 1 aliphatic rings. The second kappa shape index (κ2) is 5.21. The van der Waals surface area contributed by atoms with Crippen LogP contribution in [0.5, 0.6) is 0 Å². The van der Waals surface area contributed by atoms with Crippen molar-refractivity contribution in [1.82, 2.24) is 5.32 Å². The summed E-state index contributed by atoms with van der Waals surface area (Å²) >= 11 is 1.99. The lowest BCUT2D eigenvalue weighted by molar-refractivity contribution is -0.118. The standard InChI is InChI=1S/C11H22N2OS/c1-8(4-10(12)14)13-9-5-11(2,3)7-15-6-9/h8-9,13H,4-7H2,1-3H3,(H2,12,14). The molecule has 1 heterocycles.